The summed E-state index contributed by atoms with van der Waals surface area (Å²) in [5, 5.41) is 9.71. The van der Waals surface area contributed by atoms with E-state index in [1.54, 1.807) is 0 Å². The zero-order valence-electron chi connectivity index (χ0n) is 15.6. The van der Waals surface area contributed by atoms with E-state index in [1.807, 2.05) is 24.3 Å². The van der Waals surface area contributed by atoms with Gasteiger partial charge < -0.3 is 15.4 Å². The molecule has 0 amide bonds. The van der Waals surface area contributed by atoms with Crippen molar-refractivity contribution in [1.82, 2.24) is 9.88 Å². The van der Waals surface area contributed by atoms with Crippen LogP contribution in [0.4, 0.5) is 5.82 Å². The van der Waals surface area contributed by atoms with Gasteiger partial charge in [0.15, 0.2) is 0 Å². The number of nitrogen functional groups attached to an aromatic ring is 1. The Labute approximate surface area is 155 Å². The van der Waals surface area contributed by atoms with Crippen molar-refractivity contribution in [3.63, 3.8) is 0 Å². The highest BCUT2D eigenvalue weighted by Gasteiger charge is 2.23. The number of nitriles is 1. The van der Waals surface area contributed by atoms with Crippen LogP contribution in [0.15, 0.2) is 24.3 Å². The van der Waals surface area contributed by atoms with Gasteiger partial charge in [0.05, 0.1) is 6.61 Å². The fraction of sp³-hybridized carbons (Fsp3) is 0.429. The van der Waals surface area contributed by atoms with Gasteiger partial charge in [0.1, 0.15) is 23.2 Å². The lowest BCUT2D eigenvalue weighted by atomic mass is 9.86. The van der Waals surface area contributed by atoms with Gasteiger partial charge in [0.2, 0.25) is 0 Å². The van der Waals surface area contributed by atoms with Gasteiger partial charge in [-0.2, -0.15) is 5.26 Å². The molecule has 0 radical (unpaired) electrons. The van der Waals surface area contributed by atoms with Crippen molar-refractivity contribution >= 4 is 5.82 Å². The van der Waals surface area contributed by atoms with Crippen LogP contribution in [0.25, 0.3) is 11.1 Å². The number of aryl methyl sites for hydroxylation is 1. The van der Waals surface area contributed by atoms with Gasteiger partial charge in [-0.25, -0.2) is 4.98 Å². The molecule has 0 unspecified atom stereocenters. The van der Waals surface area contributed by atoms with Crippen LogP contribution in [-0.2, 0) is 12.8 Å². The monoisotopic (exact) mass is 350 g/mol. The minimum absolute atomic E-state index is 0.325. The van der Waals surface area contributed by atoms with Gasteiger partial charge in [-0.1, -0.05) is 18.2 Å². The van der Waals surface area contributed by atoms with Gasteiger partial charge in [-0.3, -0.25) is 0 Å². The average molecular weight is 350 g/mol. The molecule has 1 aromatic heterocycles. The molecule has 0 spiro atoms. The highest BCUT2D eigenvalue weighted by atomic mass is 16.5. The Morgan fingerprint density at radius 2 is 2.00 bits per heavy atom. The second-order valence-corrected chi connectivity index (χ2v) is 6.99. The summed E-state index contributed by atoms with van der Waals surface area (Å²) >= 11 is 0. The van der Waals surface area contributed by atoms with Crippen molar-refractivity contribution < 1.29 is 4.74 Å². The lowest BCUT2D eigenvalue weighted by Gasteiger charge is -2.22. The number of fused-ring (bicyclic) bond motifs is 1. The van der Waals surface area contributed by atoms with Crippen LogP contribution in [0, 0.1) is 11.3 Å². The molecule has 136 valence electrons. The number of ether oxygens (including phenoxy) is 1. The summed E-state index contributed by atoms with van der Waals surface area (Å²) < 4.78 is 6.08. The van der Waals surface area contributed by atoms with Gasteiger partial charge in [0.25, 0.3) is 0 Å². The Kier molecular flexibility index (Phi) is 5.75. The standard InChI is InChI=1S/C21H26N4O/c1-25(2)12-7-13-26-19-11-6-4-9-16(19)20-15-8-3-5-10-18(15)24-21(23)17(20)14-22/h4,6,9,11H,3,5,7-8,10,12-13H2,1-2H3,(H2,23,24). The summed E-state index contributed by atoms with van der Waals surface area (Å²) in [5.74, 6) is 1.13. The molecule has 1 aliphatic rings. The Balaban J connectivity index is 2.01. The van der Waals surface area contributed by atoms with Crippen LogP contribution >= 0.6 is 0 Å². The van der Waals surface area contributed by atoms with E-state index in [1.165, 1.54) is 0 Å². The summed E-state index contributed by atoms with van der Waals surface area (Å²) in [6, 6.07) is 10.2. The Morgan fingerprint density at radius 1 is 1.23 bits per heavy atom. The first-order chi connectivity index (χ1) is 12.6. The molecule has 0 saturated heterocycles. The zero-order chi connectivity index (χ0) is 18.5. The average Bonchev–Trinajstić information content (AvgIpc) is 2.64. The summed E-state index contributed by atoms with van der Waals surface area (Å²) in [7, 11) is 4.11. The molecule has 3 rings (SSSR count). The molecule has 2 aromatic rings. The predicted molar refractivity (Wildman–Crippen MR) is 104 cm³/mol. The predicted octanol–water partition coefficient (Wildman–Crippen LogP) is 3.41. The number of rotatable bonds is 6. The van der Waals surface area contributed by atoms with E-state index < -0.39 is 0 Å². The lowest BCUT2D eigenvalue weighted by molar-refractivity contribution is 0.282. The second kappa shape index (κ2) is 8.20. The number of hydrogen-bond acceptors (Lipinski definition) is 5. The summed E-state index contributed by atoms with van der Waals surface area (Å²) in [6.07, 6.45) is 5.03. The fourth-order valence-electron chi connectivity index (χ4n) is 3.53. The molecule has 0 fully saturated rings. The molecule has 26 heavy (non-hydrogen) atoms. The number of aromatic nitrogens is 1. The van der Waals surface area contributed by atoms with E-state index in [0.29, 0.717) is 18.0 Å². The quantitative estimate of drug-likeness (QED) is 0.808. The normalized spacial score (nSPS) is 13.3. The maximum absolute atomic E-state index is 9.71. The van der Waals surface area contributed by atoms with Crippen molar-refractivity contribution in [1.29, 1.82) is 5.26 Å². The first-order valence-corrected chi connectivity index (χ1v) is 9.20. The van der Waals surface area contributed by atoms with Gasteiger partial charge in [-0.05, 0) is 57.8 Å². The topological polar surface area (TPSA) is 75.2 Å². The number of benzene rings is 1. The number of nitrogens with two attached hydrogens (primary N) is 1. The first-order valence-electron chi connectivity index (χ1n) is 9.20. The van der Waals surface area contributed by atoms with Crippen molar-refractivity contribution in [3.05, 3.63) is 41.1 Å². The van der Waals surface area contributed by atoms with Gasteiger partial charge in [-0.15, -0.1) is 0 Å². The molecule has 1 aromatic carbocycles. The Morgan fingerprint density at radius 3 is 2.77 bits per heavy atom. The largest absolute Gasteiger partial charge is 0.493 e. The number of para-hydroxylation sites is 1. The van der Waals surface area contributed by atoms with Gasteiger partial charge >= 0.3 is 0 Å². The third kappa shape index (κ3) is 3.81. The highest BCUT2D eigenvalue weighted by molar-refractivity contribution is 5.82. The minimum Gasteiger partial charge on any atom is -0.493 e. The number of hydrogen-bond donors (Lipinski definition) is 1. The van der Waals surface area contributed by atoms with E-state index in [4.69, 9.17) is 10.5 Å². The molecule has 5 nitrogen and oxygen atoms in total. The van der Waals surface area contributed by atoms with E-state index in [-0.39, 0.29) is 0 Å². The van der Waals surface area contributed by atoms with Crippen LogP contribution < -0.4 is 10.5 Å². The summed E-state index contributed by atoms with van der Waals surface area (Å²) in [4.78, 5) is 6.65. The first kappa shape index (κ1) is 18.2. The highest BCUT2D eigenvalue weighted by Crippen LogP contribution is 2.40. The maximum atomic E-state index is 9.71. The molecule has 1 heterocycles. The molecular weight excluding hydrogens is 324 g/mol. The van der Waals surface area contributed by atoms with Crippen LogP contribution in [0.1, 0.15) is 36.1 Å². The van der Waals surface area contributed by atoms with E-state index in [9.17, 15) is 5.26 Å². The maximum Gasteiger partial charge on any atom is 0.142 e. The number of nitrogens with zero attached hydrogens (tertiary/aromatic N) is 3. The third-order valence-electron chi connectivity index (χ3n) is 4.78. The molecule has 0 saturated carbocycles. The molecule has 2 N–H and O–H groups in total. The summed E-state index contributed by atoms with van der Waals surface area (Å²) in [5.41, 5.74) is 10.6. The molecular formula is C21H26N4O. The Hall–Kier alpha value is -2.58. The van der Waals surface area contributed by atoms with Gasteiger partial charge in [0, 0.05) is 23.4 Å². The van der Waals surface area contributed by atoms with E-state index >= 15 is 0 Å². The summed E-state index contributed by atoms with van der Waals surface area (Å²) in [6.45, 7) is 1.61. The molecule has 0 aliphatic heterocycles. The van der Waals surface area contributed by atoms with Crippen LogP contribution in [-0.4, -0.2) is 37.1 Å². The smallest absolute Gasteiger partial charge is 0.142 e. The van der Waals surface area contributed by atoms with Crippen molar-refractivity contribution in [2.75, 3.05) is 33.0 Å². The molecule has 0 bridgehead atoms. The molecule has 5 heteroatoms. The fourth-order valence-corrected chi connectivity index (χ4v) is 3.53. The van der Waals surface area contributed by atoms with Crippen LogP contribution in [0.2, 0.25) is 0 Å². The minimum atomic E-state index is 0.325. The van der Waals surface area contributed by atoms with Crippen LogP contribution in [0.5, 0.6) is 5.75 Å². The molecule has 1 aliphatic carbocycles. The van der Waals surface area contributed by atoms with E-state index in [0.717, 1.165) is 66.8 Å². The van der Waals surface area contributed by atoms with Crippen molar-refractivity contribution in [2.24, 2.45) is 0 Å². The van der Waals surface area contributed by atoms with Crippen molar-refractivity contribution in [3.8, 4) is 22.9 Å². The number of anilines is 1. The number of pyridine rings is 1. The lowest BCUT2D eigenvalue weighted by Crippen LogP contribution is -2.16. The second-order valence-electron chi connectivity index (χ2n) is 6.99. The zero-order valence-corrected chi connectivity index (χ0v) is 15.6. The SMILES string of the molecule is CN(C)CCCOc1ccccc1-c1c(C#N)c(N)nc2c1CCCC2. The van der Waals surface area contributed by atoms with Crippen LogP contribution in [0.3, 0.4) is 0 Å². The Bertz CT molecular complexity index is 823. The van der Waals surface area contributed by atoms with Crippen molar-refractivity contribution in [2.45, 2.75) is 32.1 Å². The van der Waals surface area contributed by atoms with E-state index in [2.05, 4.69) is 30.0 Å². The molecule has 0 atom stereocenters. The third-order valence-corrected chi connectivity index (χ3v) is 4.78.